The number of benzene rings is 1. The molecule has 158 valence electrons. The molecule has 1 aromatic carbocycles. The molecule has 0 fully saturated rings. The van der Waals surface area contributed by atoms with Gasteiger partial charge in [-0.3, -0.25) is 0 Å². The van der Waals surface area contributed by atoms with Gasteiger partial charge in [-0.2, -0.15) is 0 Å². The van der Waals surface area contributed by atoms with Crippen LogP contribution in [0.4, 0.5) is 0 Å². The topological polar surface area (TPSA) is 0 Å². The van der Waals surface area contributed by atoms with Crippen LogP contribution in [0.2, 0.25) is 0 Å². The molecule has 0 aliphatic rings. The molecule has 0 spiro atoms. The second-order valence-corrected chi connectivity index (χ2v) is 17.0. The minimum atomic E-state index is -2.21. The van der Waals surface area contributed by atoms with Crippen molar-refractivity contribution in [3.8, 4) is 0 Å². The summed E-state index contributed by atoms with van der Waals surface area (Å²) >= 11 is 7.90. The molecule has 0 aromatic heterocycles. The van der Waals surface area contributed by atoms with Gasteiger partial charge in [0.15, 0.2) is 0 Å². The molecular formula is C25H46ClP. The molecule has 2 heteroatoms. The molecule has 0 heterocycles. The molecule has 0 atom stereocenters. The number of unbranched alkanes of at least 4 members (excludes halogenated alkanes) is 9. The summed E-state index contributed by atoms with van der Waals surface area (Å²) in [5.74, 6) is -2.21. The molecule has 0 amide bonds. The molecule has 0 saturated carbocycles. The molecule has 0 radical (unpaired) electrons. The van der Waals surface area contributed by atoms with Crippen molar-refractivity contribution in [2.45, 2.75) is 104 Å². The molecule has 0 unspecified atom stereocenters. The summed E-state index contributed by atoms with van der Waals surface area (Å²) in [6.07, 6.45) is 21.2. The first-order valence-corrected chi connectivity index (χ1v) is 15.7. The van der Waals surface area contributed by atoms with E-state index in [9.17, 15) is 0 Å². The van der Waals surface area contributed by atoms with E-state index < -0.39 is 5.96 Å². The van der Waals surface area contributed by atoms with Crippen LogP contribution in [0.15, 0.2) is 30.3 Å². The SMILES string of the molecule is CCCCCCP(Cl)(CCCCCC)(CCCCCC)Cc1ccccc1. The average molecular weight is 413 g/mol. The Bertz CT molecular complexity index is 436. The fourth-order valence-electron chi connectivity index (χ4n) is 4.41. The van der Waals surface area contributed by atoms with Crippen molar-refractivity contribution in [1.29, 1.82) is 0 Å². The Hall–Kier alpha value is -0.0600. The predicted octanol–water partition coefficient (Wildman–Crippen LogP) is 9.63. The van der Waals surface area contributed by atoms with E-state index >= 15 is 0 Å². The third-order valence-corrected chi connectivity index (χ3v) is 13.5. The summed E-state index contributed by atoms with van der Waals surface area (Å²) in [5.41, 5.74) is 1.48. The fourth-order valence-corrected chi connectivity index (χ4v) is 11.2. The molecule has 0 saturated heterocycles. The summed E-state index contributed by atoms with van der Waals surface area (Å²) in [5, 5.41) is 0. The molecule has 1 aromatic rings. The normalized spacial score (nSPS) is 13.4. The van der Waals surface area contributed by atoms with E-state index in [1.54, 1.807) is 0 Å². The van der Waals surface area contributed by atoms with Crippen LogP contribution in [0, 0.1) is 0 Å². The number of rotatable bonds is 17. The zero-order valence-electron chi connectivity index (χ0n) is 18.5. The Morgan fingerprint density at radius 2 is 1.00 bits per heavy atom. The van der Waals surface area contributed by atoms with Crippen molar-refractivity contribution < 1.29 is 0 Å². The van der Waals surface area contributed by atoms with Crippen LogP contribution in [0.5, 0.6) is 0 Å². The first kappa shape index (κ1) is 25.0. The van der Waals surface area contributed by atoms with Crippen LogP contribution in [-0.2, 0) is 6.16 Å². The summed E-state index contributed by atoms with van der Waals surface area (Å²) in [4.78, 5) is 0. The maximum atomic E-state index is 7.90. The number of hydrogen-bond acceptors (Lipinski definition) is 0. The second-order valence-electron chi connectivity index (χ2n) is 8.82. The zero-order valence-corrected chi connectivity index (χ0v) is 20.2. The Balaban J connectivity index is 2.94. The molecular weight excluding hydrogens is 367 g/mol. The van der Waals surface area contributed by atoms with Gasteiger partial charge in [-0.15, -0.1) is 0 Å². The van der Waals surface area contributed by atoms with Crippen LogP contribution in [0.1, 0.15) is 103 Å². The van der Waals surface area contributed by atoms with E-state index in [0.29, 0.717) is 0 Å². The van der Waals surface area contributed by atoms with E-state index in [1.165, 1.54) is 107 Å². The van der Waals surface area contributed by atoms with Gasteiger partial charge in [0.1, 0.15) is 0 Å². The Labute approximate surface area is 175 Å². The van der Waals surface area contributed by atoms with Gasteiger partial charge >= 0.3 is 176 Å². The molecule has 0 aliphatic carbocycles. The van der Waals surface area contributed by atoms with Gasteiger partial charge < -0.3 is 0 Å². The van der Waals surface area contributed by atoms with Crippen LogP contribution < -0.4 is 0 Å². The third kappa shape index (κ3) is 10.3. The van der Waals surface area contributed by atoms with Crippen molar-refractivity contribution in [1.82, 2.24) is 0 Å². The van der Waals surface area contributed by atoms with Crippen LogP contribution in [0.25, 0.3) is 0 Å². The first-order valence-electron chi connectivity index (χ1n) is 11.8. The Morgan fingerprint density at radius 3 is 1.37 bits per heavy atom. The molecule has 27 heavy (non-hydrogen) atoms. The van der Waals surface area contributed by atoms with Crippen molar-refractivity contribution in [2.75, 3.05) is 18.5 Å². The van der Waals surface area contributed by atoms with E-state index in [-0.39, 0.29) is 0 Å². The van der Waals surface area contributed by atoms with E-state index in [1.807, 2.05) is 0 Å². The van der Waals surface area contributed by atoms with Gasteiger partial charge in [-0.05, 0) is 0 Å². The molecule has 0 aliphatic heterocycles. The van der Waals surface area contributed by atoms with Crippen LogP contribution >= 0.6 is 17.2 Å². The van der Waals surface area contributed by atoms with Gasteiger partial charge in [0, 0.05) is 0 Å². The minimum absolute atomic E-state index is 1.17. The fraction of sp³-hybridized carbons (Fsp3) is 0.760. The Morgan fingerprint density at radius 1 is 0.593 bits per heavy atom. The van der Waals surface area contributed by atoms with Gasteiger partial charge in [-0.25, -0.2) is 0 Å². The summed E-state index contributed by atoms with van der Waals surface area (Å²) in [7, 11) is 0. The van der Waals surface area contributed by atoms with Crippen molar-refractivity contribution >= 4 is 17.2 Å². The quantitative estimate of drug-likeness (QED) is 0.176. The summed E-state index contributed by atoms with van der Waals surface area (Å²) in [6, 6.07) is 11.1. The molecule has 0 bridgehead atoms. The maximum absolute atomic E-state index is 7.90. The van der Waals surface area contributed by atoms with Gasteiger partial charge in [0.05, 0.1) is 0 Å². The van der Waals surface area contributed by atoms with Crippen molar-refractivity contribution in [3.63, 3.8) is 0 Å². The van der Waals surface area contributed by atoms with Gasteiger partial charge in [0.2, 0.25) is 0 Å². The van der Waals surface area contributed by atoms with Crippen LogP contribution in [-0.4, -0.2) is 18.5 Å². The summed E-state index contributed by atoms with van der Waals surface area (Å²) < 4.78 is 0. The third-order valence-electron chi connectivity index (χ3n) is 6.13. The van der Waals surface area contributed by atoms with E-state index in [0.717, 1.165) is 0 Å². The second kappa shape index (κ2) is 14.0. The monoisotopic (exact) mass is 412 g/mol. The first-order chi connectivity index (χ1) is 13.1. The molecule has 0 N–H and O–H groups in total. The van der Waals surface area contributed by atoms with Gasteiger partial charge in [-0.1, -0.05) is 0 Å². The van der Waals surface area contributed by atoms with Crippen molar-refractivity contribution in [3.05, 3.63) is 35.9 Å². The molecule has 1 rings (SSSR count). The number of hydrogen-bond donors (Lipinski definition) is 0. The average Bonchev–Trinajstić information content (AvgIpc) is 2.67. The number of halogens is 1. The van der Waals surface area contributed by atoms with Gasteiger partial charge in [0.25, 0.3) is 0 Å². The Kier molecular flexibility index (Phi) is 13.0. The standard InChI is InChI=1S/C25H46ClP/c1-4-7-10-16-21-27(26,22-17-11-8-5-2,23-18-12-9-6-3)24-25-19-14-13-15-20-25/h13-15,19-20H,4-12,16-18,21-24H2,1-3H3. The zero-order chi connectivity index (χ0) is 19.9. The summed E-state index contributed by atoms with van der Waals surface area (Å²) in [6.45, 7) is 6.92. The van der Waals surface area contributed by atoms with Crippen LogP contribution in [0.3, 0.4) is 0 Å². The molecule has 0 nitrogen and oxygen atoms in total. The van der Waals surface area contributed by atoms with E-state index in [2.05, 4.69) is 51.1 Å². The van der Waals surface area contributed by atoms with Crippen molar-refractivity contribution in [2.24, 2.45) is 0 Å². The van der Waals surface area contributed by atoms with E-state index in [4.69, 9.17) is 11.2 Å². The predicted molar refractivity (Wildman–Crippen MR) is 130 cm³/mol.